The SMILES string of the molecule is C=CCC(NC(=O)OCC1c2ccccc2-c2ccccc21)C(=O)N1C(C)SCC1C(=O)O. The number of alkyl carbamates (subject to hydrolysis) is 1. The minimum absolute atomic E-state index is 0.0944. The van der Waals surface area contributed by atoms with Crippen LogP contribution in [0.5, 0.6) is 0 Å². The van der Waals surface area contributed by atoms with Crippen molar-refractivity contribution < 1.29 is 24.2 Å². The lowest BCUT2D eigenvalue weighted by molar-refractivity contribution is -0.149. The van der Waals surface area contributed by atoms with E-state index in [1.54, 1.807) is 6.92 Å². The fourth-order valence-corrected chi connectivity index (χ4v) is 5.69. The Balaban J connectivity index is 1.45. The molecule has 2 N–H and O–H groups in total. The van der Waals surface area contributed by atoms with Crippen LogP contribution in [0.1, 0.15) is 30.4 Å². The van der Waals surface area contributed by atoms with Crippen LogP contribution in [-0.2, 0) is 14.3 Å². The van der Waals surface area contributed by atoms with Gasteiger partial charge in [-0.1, -0.05) is 54.6 Å². The third kappa shape index (κ3) is 4.48. The maximum Gasteiger partial charge on any atom is 0.407 e. The highest BCUT2D eigenvalue weighted by atomic mass is 32.2. The first-order valence-electron chi connectivity index (χ1n) is 10.8. The normalized spacial score (nSPS) is 20.0. The van der Waals surface area contributed by atoms with E-state index in [9.17, 15) is 19.5 Å². The fourth-order valence-electron chi connectivity index (χ4n) is 4.52. The number of carbonyl (C=O) groups excluding carboxylic acids is 2. The third-order valence-corrected chi connectivity index (χ3v) is 7.32. The van der Waals surface area contributed by atoms with E-state index in [-0.39, 0.29) is 24.3 Å². The van der Waals surface area contributed by atoms with Crippen LogP contribution in [0.4, 0.5) is 4.79 Å². The number of nitrogens with zero attached hydrogens (tertiary/aromatic N) is 1. The summed E-state index contributed by atoms with van der Waals surface area (Å²) in [5.41, 5.74) is 4.44. The molecule has 172 valence electrons. The summed E-state index contributed by atoms with van der Waals surface area (Å²) >= 11 is 1.39. The van der Waals surface area contributed by atoms with Gasteiger partial charge >= 0.3 is 12.1 Å². The van der Waals surface area contributed by atoms with E-state index in [4.69, 9.17) is 4.74 Å². The number of hydrogen-bond acceptors (Lipinski definition) is 5. The van der Waals surface area contributed by atoms with Crippen molar-refractivity contribution in [2.45, 2.75) is 36.7 Å². The lowest BCUT2D eigenvalue weighted by Gasteiger charge is -2.29. The zero-order valence-corrected chi connectivity index (χ0v) is 19.1. The number of amides is 2. The van der Waals surface area contributed by atoms with Crippen LogP contribution in [-0.4, -0.2) is 57.8 Å². The standard InChI is InChI=1S/C25H26N2O5S/c1-3-8-21(23(28)27-15(2)33-14-22(27)24(29)30)26-25(31)32-13-20-18-11-6-4-9-16(18)17-10-5-7-12-19(17)20/h3-7,9-12,15,20-22H,1,8,13-14H2,2H3,(H,26,31)(H,29,30). The van der Waals surface area contributed by atoms with Crippen molar-refractivity contribution >= 4 is 29.7 Å². The van der Waals surface area contributed by atoms with E-state index in [0.29, 0.717) is 5.75 Å². The maximum atomic E-state index is 13.1. The van der Waals surface area contributed by atoms with Crippen LogP contribution >= 0.6 is 11.8 Å². The van der Waals surface area contributed by atoms with Crippen LogP contribution in [0, 0.1) is 0 Å². The van der Waals surface area contributed by atoms with Gasteiger partial charge in [0.1, 0.15) is 18.7 Å². The molecule has 1 aliphatic heterocycles. The number of hydrogen-bond donors (Lipinski definition) is 2. The highest BCUT2D eigenvalue weighted by Gasteiger charge is 2.42. The fraction of sp³-hybridized carbons (Fsp3) is 0.320. The van der Waals surface area contributed by atoms with Gasteiger partial charge in [0.05, 0.1) is 5.37 Å². The second-order valence-corrected chi connectivity index (χ2v) is 9.43. The van der Waals surface area contributed by atoms with E-state index < -0.39 is 30.1 Å². The van der Waals surface area contributed by atoms with Gasteiger partial charge in [0, 0.05) is 11.7 Å². The molecule has 0 bridgehead atoms. The molecular formula is C25H26N2O5S. The topological polar surface area (TPSA) is 95.9 Å². The van der Waals surface area contributed by atoms with Crippen LogP contribution in [0.3, 0.4) is 0 Å². The molecule has 2 amide bonds. The third-order valence-electron chi connectivity index (χ3n) is 6.10. The molecule has 8 heteroatoms. The molecule has 2 aromatic rings. The molecule has 3 atom stereocenters. The van der Waals surface area contributed by atoms with E-state index in [1.807, 2.05) is 36.4 Å². The van der Waals surface area contributed by atoms with Crippen molar-refractivity contribution in [2.24, 2.45) is 0 Å². The molecule has 1 saturated heterocycles. The van der Waals surface area contributed by atoms with Gasteiger partial charge in [-0.25, -0.2) is 9.59 Å². The van der Waals surface area contributed by atoms with Gasteiger partial charge in [-0.05, 0) is 35.6 Å². The lowest BCUT2D eigenvalue weighted by atomic mass is 9.98. The van der Waals surface area contributed by atoms with Gasteiger partial charge in [-0.3, -0.25) is 4.79 Å². The van der Waals surface area contributed by atoms with Crippen molar-refractivity contribution in [2.75, 3.05) is 12.4 Å². The summed E-state index contributed by atoms with van der Waals surface area (Å²) in [6.07, 6.45) is 0.975. The van der Waals surface area contributed by atoms with E-state index in [2.05, 4.69) is 24.0 Å². The second kappa shape index (κ2) is 9.70. The summed E-state index contributed by atoms with van der Waals surface area (Å²) in [5.74, 6) is -1.29. The van der Waals surface area contributed by atoms with Gasteiger partial charge in [0.25, 0.3) is 0 Å². The molecule has 0 aromatic heterocycles. The lowest BCUT2D eigenvalue weighted by Crippen LogP contribution is -2.54. The molecule has 1 aliphatic carbocycles. The van der Waals surface area contributed by atoms with Crippen molar-refractivity contribution in [3.63, 3.8) is 0 Å². The Morgan fingerprint density at radius 3 is 2.36 bits per heavy atom. The number of aliphatic carboxylic acids is 1. The number of carbonyl (C=O) groups is 3. The van der Waals surface area contributed by atoms with Gasteiger partial charge in [-0.2, -0.15) is 0 Å². The zero-order valence-electron chi connectivity index (χ0n) is 18.3. The molecule has 0 saturated carbocycles. The summed E-state index contributed by atoms with van der Waals surface area (Å²) in [7, 11) is 0. The molecule has 2 aliphatic rings. The number of rotatable bonds is 7. The van der Waals surface area contributed by atoms with Gasteiger partial charge in [0.15, 0.2) is 0 Å². The minimum Gasteiger partial charge on any atom is -0.480 e. The molecule has 4 rings (SSSR count). The largest absolute Gasteiger partial charge is 0.480 e. The molecule has 1 fully saturated rings. The first-order valence-corrected chi connectivity index (χ1v) is 11.9. The number of benzene rings is 2. The predicted octanol–water partition coefficient (Wildman–Crippen LogP) is 3.84. The van der Waals surface area contributed by atoms with E-state index >= 15 is 0 Å². The number of carboxylic acid groups (broad SMARTS) is 1. The molecule has 0 radical (unpaired) electrons. The van der Waals surface area contributed by atoms with E-state index in [1.165, 1.54) is 22.7 Å². The predicted molar refractivity (Wildman–Crippen MR) is 127 cm³/mol. The number of nitrogens with one attached hydrogen (secondary N) is 1. The first-order chi connectivity index (χ1) is 15.9. The number of carboxylic acids is 1. The van der Waals surface area contributed by atoms with Gasteiger partial charge in [-0.15, -0.1) is 18.3 Å². The molecule has 3 unspecified atom stereocenters. The molecule has 1 heterocycles. The Labute approximate surface area is 196 Å². The highest BCUT2D eigenvalue weighted by Crippen LogP contribution is 2.44. The molecule has 0 spiro atoms. The number of fused-ring (bicyclic) bond motifs is 3. The summed E-state index contributed by atoms with van der Waals surface area (Å²) in [4.78, 5) is 38.7. The Bertz CT molecular complexity index is 1040. The highest BCUT2D eigenvalue weighted by molar-refractivity contribution is 8.00. The Hall–Kier alpha value is -3.26. The van der Waals surface area contributed by atoms with Crippen LogP contribution in [0.2, 0.25) is 0 Å². The Morgan fingerprint density at radius 1 is 1.18 bits per heavy atom. The van der Waals surface area contributed by atoms with Gasteiger partial charge in [0.2, 0.25) is 5.91 Å². The summed E-state index contributed by atoms with van der Waals surface area (Å²) in [6, 6.07) is 14.2. The monoisotopic (exact) mass is 466 g/mol. The molecular weight excluding hydrogens is 440 g/mol. The summed E-state index contributed by atoms with van der Waals surface area (Å²) in [5, 5.41) is 11.8. The average Bonchev–Trinajstić information content (AvgIpc) is 3.35. The van der Waals surface area contributed by atoms with Crippen LogP contribution in [0.25, 0.3) is 11.1 Å². The smallest absolute Gasteiger partial charge is 0.407 e. The van der Waals surface area contributed by atoms with Crippen molar-refractivity contribution in [3.05, 3.63) is 72.3 Å². The van der Waals surface area contributed by atoms with E-state index in [0.717, 1.165) is 22.3 Å². The average molecular weight is 467 g/mol. The second-order valence-electron chi connectivity index (χ2n) is 8.08. The first kappa shape index (κ1) is 22.9. The van der Waals surface area contributed by atoms with Crippen molar-refractivity contribution in [3.8, 4) is 11.1 Å². The molecule has 33 heavy (non-hydrogen) atoms. The summed E-state index contributed by atoms with van der Waals surface area (Å²) < 4.78 is 5.55. The minimum atomic E-state index is -1.06. The molecule has 2 aromatic carbocycles. The zero-order chi connectivity index (χ0) is 23.5. The summed E-state index contributed by atoms with van der Waals surface area (Å²) in [6.45, 7) is 5.57. The Morgan fingerprint density at radius 2 is 1.79 bits per heavy atom. The van der Waals surface area contributed by atoms with Gasteiger partial charge < -0.3 is 20.1 Å². The van der Waals surface area contributed by atoms with Crippen LogP contribution in [0.15, 0.2) is 61.2 Å². The maximum absolute atomic E-state index is 13.1. The number of ether oxygens (including phenoxy) is 1. The quantitative estimate of drug-likeness (QED) is 0.602. The Kier molecular flexibility index (Phi) is 6.74. The van der Waals surface area contributed by atoms with Crippen molar-refractivity contribution in [1.82, 2.24) is 10.2 Å². The van der Waals surface area contributed by atoms with Crippen molar-refractivity contribution in [1.29, 1.82) is 0 Å². The van der Waals surface area contributed by atoms with Crippen LogP contribution < -0.4 is 5.32 Å². The number of thioether (sulfide) groups is 1. The molecule has 7 nitrogen and oxygen atoms in total.